The van der Waals surface area contributed by atoms with Crippen LogP contribution in [0.2, 0.25) is 0 Å². The van der Waals surface area contributed by atoms with Crippen LogP contribution in [0.4, 0.5) is 5.69 Å². The molecule has 24 heavy (non-hydrogen) atoms. The van der Waals surface area contributed by atoms with E-state index in [9.17, 15) is 4.79 Å². The molecule has 2 aromatic rings. The fourth-order valence-corrected chi connectivity index (χ4v) is 3.30. The number of carbonyl (C=O) groups excluding carboxylic acids is 1. The number of aromatic nitrogens is 3. The average Bonchev–Trinajstić information content (AvgIpc) is 3.25. The van der Waals surface area contributed by atoms with Gasteiger partial charge in [0, 0.05) is 31.4 Å². The molecule has 1 heterocycles. The molecule has 0 saturated heterocycles. The molecule has 0 bridgehead atoms. The zero-order valence-electron chi connectivity index (χ0n) is 14.6. The number of anilines is 1. The molecule has 1 aliphatic carbocycles. The molecule has 1 aromatic carbocycles. The lowest BCUT2D eigenvalue weighted by molar-refractivity contribution is 0.0937. The van der Waals surface area contributed by atoms with E-state index in [4.69, 9.17) is 0 Å². The highest BCUT2D eigenvalue weighted by atomic mass is 16.1. The van der Waals surface area contributed by atoms with Crippen LogP contribution in [0.3, 0.4) is 0 Å². The van der Waals surface area contributed by atoms with Gasteiger partial charge in [0.25, 0.3) is 5.91 Å². The van der Waals surface area contributed by atoms with Crippen LogP contribution in [-0.4, -0.2) is 34.8 Å². The van der Waals surface area contributed by atoms with Crippen LogP contribution < -0.4 is 10.2 Å². The number of hydrogen-bond acceptors (Lipinski definition) is 4. The van der Waals surface area contributed by atoms with Crippen LogP contribution in [-0.2, 0) is 0 Å². The van der Waals surface area contributed by atoms with Crippen molar-refractivity contribution in [1.82, 2.24) is 20.1 Å². The lowest BCUT2D eigenvalue weighted by atomic mass is 10.1. The third-order valence-electron chi connectivity index (χ3n) is 4.68. The SMILES string of the molecule is C[C@H](NC(=O)c1cccc(N(C)C)c1)c1nncn1C1CCCC1. The lowest BCUT2D eigenvalue weighted by Crippen LogP contribution is -2.29. The van der Waals surface area contributed by atoms with Crippen LogP contribution in [0.5, 0.6) is 0 Å². The Morgan fingerprint density at radius 3 is 2.79 bits per heavy atom. The first-order chi connectivity index (χ1) is 11.6. The lowest BCUT2D eigenvalue weighted by Gasteiger charge is -2.19. The van der Waals surface area contributed by atoms with Crippen LogP contribution in [0.25, 0.3) is 0 Å². The van der Waals surface area contributed by atoms with E-state index in [2.05, 4.69) is 20.1 Å². The maximum absolute atomic E-state index is 12.6. The highest BCUT2D eigenvalue weighted by Gasteiger charge is 2.23. The van der Waals surface area contributed by atoms with Crippen molar-refractivity contribution in [3.63, 3.8) is 0 Å². The Labute approximate surface area is 142 Å². The summed E-state index contributed by atoms with van der Waals surface area (Å²) in [5.41, 5.74) is 1.66. The van der Waals surface area contributed by atoms with E-state index in [1.165, 1.54) is 12.8 Å². The molecule has 1 saturated carbocycles. The number of nitrogens with zero attached hydrogens (tertiary/aromatic N) is 4. The molecule has 6 heteroatoms. The number of rotatable bonds is 5. The maximum atomic E-state index is 12.6. The number of amides is 1. The molecule has 128 valence electrons. The largest absolute Gasteiger partial charge is 0.378 e. The van der Waals surface area contributed by atoms with E-state index in [1.807, 2.05) is 50.2 Å². The van der Waals surface area contributed by atoms with Crippen molar-refractivity contribution in [2.75, 3.05) is 19.0 Å². The first-order valence-corrected chi connectivity index (χ1v) is 8.54. The molecule has 1 fully saturated rings. The van der Waals surface area contributed by atoms with Gasteiger partial charge >= 0.3 is 0 Å². The predicted molar refractivity (Wildman–Crippen MR) is 94.2 cm³/mol. The van der Waals surface area contributed by atoms with E-state index in [0.717, 1.165) is 24.4 Å². The Morgan fingerprint density at radius 1 is 1.33 bits per heavy atom. The predicted octanol–water partition coefficient (Wildman–Crippen LogP) is 2.95. The average molecular weight is 327 g/mol. The topological polar surface area (TPSA) is 63.1 Å². The number of carbonyl (C=O) groups is 1. The molecule has 3 rings (SSSR count). The Bertz CT molecular complexity index is 703. The van der Waals surface area contributed by atoms with Crippen molar-refractivity contribution < 1.29 is 4.79 Å². The molecule has 0 spiro atoms. The van der Waals surface area contributed by atoms with Crippen molar-refractivity contribution in [1.29, 1.82) is 0 Å². The Morgan fingerprint density at radius 2 is 2.08 bits per heavy atom. The van der Waals surface area contributed by atoms with Gasteiger partial charge in [0.2, 0.25) is 0 Å². The zero-order valence-corrected chi connectivity index (χ0v) is 14.6. The third-order valence-corrected chi connectivity index (χ3v) is 4.68. The standard InChI is InChI=1S/C18H25N5O/c1-13(17-21-19-12-23(17)15-8-4-5-9-15)20-18(24)14-7-6-10-16(11-14)22(2)3/h6-7,10-13,15H,4-5,8-9H2,1-3H3,(H,20,24)/t13-/m0/s1. The summed E-state index contributed by atoms with van der Waals surface area (Å²) in [5.74, 6) is 0.742. The normalized spacial score (nSPS) is 16.1. The van der Waals surface area contributed by atoms with Crippen molar-refractivity contribution in [2.45, 2.75) is 44.7 Å². The van der Waals surface area contributed by atoms with Gasteiger partial charge < -0.3 is 14.8 Å². The van der Waals surface area contributed by atoms with Gasteiger partial charge in [-0.1, -0.05) is 18.9 Å². The molecule has 0 aliphatic heterocycles. The fourth-order valence-electron chi connectivity index (χ4n) is 3.30. The molecule has 1 atom stereocenters. The van der Waals surface area contributed by atoms with Gasteiger partial charge in [-0.15, -0.1) is 10.2 Å². The maximum Gasteiger partial charge on any atom is 0.251 e. The minimum Gasteiger partial charge on any atom is -0.378 e. The molecular weight excluding hydrogens is 302 g/mol. The minimum atomic E-state index is -0.177. The Hall–Kier alpha value is -2.37. The van der Waals surface area contributed by atoms with E-state index >= 15 is 0 Å². The number of nitrogens with one attached hydrogen (secondary N) is 1. The van der Waals surface area contributed by atoms with Gasteiger partial charge in [-0.25, -0.2) is 0 Å². The summed E-state index contributed by atoms with van der Waals surface area (Å²) in [4.78, 5) is 14.6. The summed E-state index contributed by atoms with van der Waals surface area (Å²) >= 11 is 0. The van der Waals surface area contributed by atoms with E-state index < -0.39 is 0 Å². The molecule has 1 aliphatic rings. The van der Waals surface area contributed by atoms with Gasteiger partial charge in [0.1, 0.15) is 6.33 Å². The summed E-state index contributed by atoms with van der Waals surface area (Å²) in [5, 5.41) is 11.4. The highest BCUT2D eigenvalue weighted by Crippen LogP contribution is 2.31. The first-order valence-electron chi connectivity index (χ1n) is 8.54. The highest BCUT2D eigenvalue weighted by molar-refractivity contribution is 5.95. The van der Waals surface area contributed by atoms with Crippen molar-refractivity contribution in [3.05, 3.63) is 42.0 Å². The zero-order chi connectivity index (χ0) is 17.1. The van der Waals surface area contributed by atoms with E-state index in [0.29, 0.717) is 11.6 Å². The summed E-state index contributed by atoms with van der Waals surface area (Å²) in [7, 11) is 3.92. The Balaban J connectivity index is 1.73. The van der Waals surface area contributed by atoms with Crippen LogP contribution in [0.1, 0.15) is 60.9 Å². The second-order valence-corrected chi connectivity index (χ2v) is 6.67. The first kappa shape index (κ1) is 16.5. The van der Waals surface area contributed by atoms with Gasteiger partial charge in [0.15, 0.2) is 5.82 Å². The minimum absolute atomic E-state index is 0.0906. The third kappa shape index (κ3) is 3.42. The van der Waals surface area contributed by atoms with E-state index in [1.54, 1.807) is 6.33 Å². The van der Waals surface area contributed by atoms with Crippen molar-refractivity contribution >= 4 is 11.6 Å². The molecule has 0 unspecified atom stereocenters. The quantitative estimate of drug-likeness (QED) is 0.917. The van der Waals surface area contributed by atoms with Crippen LogP contribution in [0.15, 0.2) is 30.6 Å². The number of hydrogen-bond donors (Lipinski definition) is 1. The molecule has 1 N–H and O–H groups in total. The van der Waals surface area contributed by atoms with Crippen LogP contribution >= 0.6 is 0 Å². The van der Waals surface area contributed by atoms with Crippen molar-refractivity contribution in [2.24, 2.45) is 0 Å². The van der Waals surface area contributed by atoms with Gasteiger partial charge in [0.05, 0.1) is 6.04 Å². The molecule has 6 nitrogen and oxygen atoms in total. The number of benzene rings is 1. The summed E-state index contributed by atoms with van der Waals surface area (Å²) in [6.45, 7) is 1.96. The second-order valence-electron chi connectivity index (χ2n) is 6.67. The fraction of sp³-hybridized carbons (Fsp3) is 0.500. The smallest absolute Gasteiger partial charge is 0.251 e. The molecule has 0 radical (unpaired) electrons. The van der Waals surface area contributed by atoms with E-state index in [-0.39, 0.29) is 11.9 Å². The summed E-state index contributed by atoms with van der Waals surface area (Å²) in [6, 6.07) is 7.89. The van der Waals surface area contributed by atoms with Gasteiger partial charge in [-0.05, 0) is 38.0 Å². The summed E-state index contributed by atoms with van der Waals surface area (Å²) in [6.07, 6.45) is 6.62. The second kappa shape index (κ2) is 7.03. The Kier molecular flexibility index (Phi) is 4.83. The van der Waals surface area contributed by atoms with Gasteiger partial charge in [-0.3, -0.25) is 4.79 Å². The molecular formula is C18H25N5O. The van der Waals surface area contributed by atoms with Crippen LogP contribution in [0, 0.1) is 0 Å². The van der Waals surface area contributed by atoms with Gasteiger partial charge in [-0.2, -0.15) is 0 Å². The summed E-state index contributed by atoms with van der Waals surface area (Å²) < 4.78 is 2.13. The monoisotopic (exact) mass is 327 g/mol. The molecule has 1 aromatic heterocycles. The molecule has 1 amide bonds. The van der Waals surface area contributed by atoms with Crippen molar-refractivity contribution in [3.8, 4) is 0 Å².